The van der Waals surface area contributed by atoms with E-state index < -0.39 is 0 Å². The number of hydrogen-bond acceptors (Lipinski definition) is 3. The lowest BCUT2D eigenvalue weighted by atomic mass is 10.1. The summed E-state index contributed by atoms with van der Waals surface area (Å²) in [7, 11) is 1.76. The van der Waals surface area contributed by atoms with Crippen molar-refractivity contribution >= 4 is 11.8 Å². The lowest BCUT2D eigenvalue weighted by Gasteiger charge is -2.16. The van der Waals surface area contributed by atoms with Crippen molar-refractivity contribution in [3.05, 3.63) is 53.3 Å². The minimum atomic E-state index is -0.0756. The van der Waals surface area contributed by atoms with Gasteiger partial charge in [0, 0.05) is 49.1 Å². The van der Waals surface area contributed by atoms with Gasteiger partial charge in [-0.25, -0.2) is 0 Å². The van der Waals surface area contributed by atoms with E-state index in [0.717, 1.165) is 24.9 Å². The molecule has 0 unspecified atom stereocenters. The zero-order valence-electron chi connectivity index (χ0n) is 14.0. The van der Waals surface area contributed by atoms with Gasteiger partial charge in [0.2, 0.25) is 0 Å². The Balaban J connectivity index is 1.61. The number of hydrogen-bond donors (Lipinski definition) is 1. The van der Waals surface area contributed by atoms with Crippen molar-refractivity contribution in [1.29, 1.82) is 0 Å². The van der Waals surface area contributed by atoms with Gasteiger partial charge in [0.1, 0.15) is 0 Å². The third kappa shape index (κ3) is 3.82. The first kappa shape index (κ1) is 16.2. The first-order valence-corrected chi connectivity index (χ1v) is 8.24. The Hall–Kier alpha value is -2.63. The molecule has 0 radical (unpaired) electrons. The minimum absolute atomic E-state index is 0.0724. The Morgan fingerprint density at radius 2 is 1.92 bits per heavy atom. The van der Waals surface area contributed by atoms with Gasteiger partial charge in [-0.05, 0) is 44.0 Å². The first-order valence-electron chi connectivity index (χ1n) is 8.24. The van der Waals surface area contributed by atoms with Crippen molar-refractivity contribution in [3.63, 3.8) is 0 Å². The second-order valence-electron chi connectivity index (χ2n) is 6.19. The zero-order chi connectivity index (χ0) is 17.1. The molecule has 0 atom stereocenters. The van der Waals surface area contributed by atoms with E-state index in [-0.39, 0.29) is 11.8 Å². The molecular formula is C18H22N4O2. The molecule has 2 amide bonds. The molecule has 1 heterocycles. The molecule has 0 saturated heterocycles. The van der Waals surface area contributed by atoms with E-state index in [1.165, 1.54) is 0 Å². The molecule has 3 rings (SSSR count). The van der Waals surface area contributed by atoms with Gasteiger partial charge in [-0.3, -0.25) is 14.3 Å². The molecule has 1 fully saturated rings. The molecule has 1 aliphatic rings. The Bertz CT molecular complexity index is 732. The average molecular weight is 326 g/mol. The van der Waals surface area contributed by atoms with Crippen LogP contribution in [0.25, 0.3) is 0 Å². The molecule has 6 heteroatoms. The number of rotatable bonds is 6. The van der Waals surface area contributed by atoms with Crippen molar-refractivity contribution < 1.29 is 9.59 Å². The quantitative estimate of drug-likeness (QED) is 0.883. The largest absolute Gasteiger partial charge is 0.349 e. The van der Waals surface area contributed by atoms with E-state index in [1.807, 2.05) is 17.8 Å². The molecule has 1 saturated carbocycles. The predicted molar refractivity (Wildman–Crippen MR) is 90.6 cm³/mol. The van der Waals surface area contributed by atoms with Gasteiger partial charge in [-0.2, -0.15) is 5.10 Å². The maximum Gasteiger partial charge on any atom is 0.253 e. The average Bonchev–Trinajstić information content (AvgIpc) is 3.30. The van der Waals surface area contributed by atoms with Crippen LogP contribution in [0.15, 0.2) is 36.7 Å². The van der Waals surface area contributed by atoms with Gasteiger partial charge in [0.05, 0.1) is 6.20 Å². The van der Waals surface area contributed by atoms with Crippen molar-refractivity contribution in [3.8, 4) is 0 Å². The van der Waals surface area contributed by atoms with Crippen LogP contribution < -0.4 is 5.32 Å². The SMILES string of the molecule is CCn1cc(CN(C)C(=O)c2ccc(C(=O)NC3CC3)cc2)cn1. The summed E-state index contributed by atoms with van der Waals surface area (Å²) in [5.74, 6) is -0.148. The van der Waals surface area contributed by atoms with Crippen molar-refractivity contribution in [2.24, 2.45) is 0 Å². The minimum Gasteiger partial charge on any atom is -0.349 e. The summed E-state index contributed by atoms with van der Waals surface area (Å²) in [6.45, 7) is 3.33. The highest BCUT2D eigenvalue weighted by molar-refractivity contribution is 5.97. The van der Waals surface area contributed by atoms with E-state index in [4.69, 9.17) is 0 Å². The fourth-order valence-corrected chi connectivity index (χ4v) is 2.49. The molecule has 1 aromatic carbocycles. The number of nitrogens with zero attached hydrogens (tertiary/aromatic N) is 3. The van der Waals surface area contributed by atoms with E-state index in [2.05, 4.69) is 10.4 Å². The summed E-state index contributed by atoms with van der Waals surface area (Å²) in [5.41, 5.74) is 2.15. The number of aromatic nitrogens is 2. The molecule has 1 aromatic heterocycles. The monoisotopic (exact) mass is 326 g/mol. The van der Waals surface area contributed by atoms with Crippen LogP contribution in [0, 0.1) is 0 Å². The number of carbonyl (C=O) groups excluding carboxylic acids is 2. The molecule has 1 aliphatic carbocycles. The highest BCUT2D eigenvalue weighted by Gasteiger charge is 2.23. The number of benzene rings is 1. The van der Waals surface area contributed by atoms with Crippen LogP contribution in [0.1, 0.15) is 46.0 Å². The Morgan fingerprint density at radius 3 is 2.50 bits per heavy atom. The predicted octanol–water partition coefficient (Wildman–Crippen LogP) is 2.07. The van der Waals surface area contributed by atoms with Crippen LogP contribution in [-0.4, -0.2) is 39.6 Å². The molecule has 2 aromatic rings. The van der Waals surface area contributed by atoms with E-state index in [1.54, 1.807) is 42.4 Å². The van der Waals surface area contributed by atoms with Crippen LogP contribution in [0.4, 0.5) is 0 Å². The molecule has 126 valence electrons. The Kier molecular flexibility index (Phi) is 4.64. The standard InChI is InChI=1S/C18H22N4O2/c1-3-22-12-13(10-19-22)11-21(2)18(24)15-6-4-14(5-7-15)17(23)20-16-8-9-16/h4-7,10,12,16H,3,8-9,11H2,1-2H3,(H,20,23). The zero-order valence-corrected chi connectivity index (χ0v) is 14.0. The third-order valence-electron chi connectivity index (χ3n) is 4.08. The fourth-order valence-electron chi connectivity index (χ4n) is 2.49. The smallest absolute Gasteiger partial charge is 0.253 e. The third-order valence-corrected chi connectivity index (χ3v) is 4.08. The lowest BCUT2D eigenvalue weighted by Crippen LogP contribution is -2.27. The van der Waals surface area contributed by atoms with Crippen LogP contribution >= 0.6 is 0 Å². The molecule has 0 bridgehead atoms. The van der Waals surface area contributed by atoms with E-state index in [9.17, 15) is 9.59 Å². The van der Waals surface area contributed by atoms with Gasteiger partial charge in [-0.15, -0.1) is 0 Å². The van der Waals surface area contributed by atoms with Crippen molar-refractivity contribution in [1.82, 2.24) is 20.0 Å². The van der Waals surface area contributed by atoms with Crippen LogP contribution in [0.5, 0.6) is 0 Å². The highest BCUT2D eigenvalue weighted by atomic mass is 16.2. The first-order chi connectivity index (χ1) is 11.6. The lowest BCUT2D eigenvalue weighted by molar-refractivity contribution is 0.0784. The number of nitrogens with one attached hydrogen (secondary N) is 1. The van der Waals surface area contributed by atoms with E-state index in [0.29, 0.717) is 23.7 Å². The molecule has 1 N–H and O–H groups in total. The van der Waals surface area contributed by atoms with Crippen LogP contribution in [-0.2, 0) is 13.1 Å². The second-order valence-corrected chi connectivity index (χ2v) is 6.19. The Labute approximate surface area is 141 Å². The maximum absolute atomic E-state index is 12.5. The Morgan fingerprint density at radius 1 is 1.25 bits per heavy atom. The van der Waals surface area contributed by atoms with E-state index >= 15 is 0 Å². The molecule has 6 nitrogen and oxygen atoms in total. The fraction of sp³-hybridized carbons (Fsp3) is 0.389. The van der Waals surface area contributed by atoms with Crippen molar-refractivity contribution in [2.75, 3.05) is 7.05 Å². The van der Waals surface area contributed by atoms with Gasteiger partial charge >= 0.3 is 0 Å². The van der Waals surface area contributed by atoms with Crippen LogP contribution in [0.2, 0.25) is 0 Å². The normalized spacial score (nSPS) is 13.6. The summed E-state index contributed by atoms with van der Waals surface area (Å²) >= 11 is 0. The molecule has 0 aliphatic heterocycles. The summed E-state index contributed by atoms with van der Waals surface area (Å²) < 4.78 is 1.83. The van der Waals surface area contributed by atoms with Crippen molar-refractivity contribution in [2.45, 2.75) is 38.9 Å². The summed E-state index contributed by atoms with van der Waals surface area (Å²) in [6.07, 6.45) is 5.83. The van der Waals surface area contributed by atoms with Gasteiger partial charge in [0.25, 0.3) is 11.8 Å². The summed E-state index contributed by atoms with van der Waals surface area (Å²) in [5, 5.41) is 7.15. The van der Waals surface area contributed by atoms with Gasteiger partial charge < -0.3 is 10.2 Å². The summed E-state index contributed by atoms with van der Waals surface area (Å²) in [4.78, 5) is 26.1. The maximum atomic E-state index is 12.5. The molecular weight excluding hydrogens is 304 g/mol. The molecule has 0 spiro atoms. The second kappa shape index (κ2) is 6.86. The van der Waals surface area contributed by atoms with Gasteiger partial charge in [-0.1, -0.05) is 0 Å². The van der Waals surface area contributed by atoms with Gasteiger partial charge in [0.15, 0.2) is 0 Å². The number of carbonyl (C=O) groups is 2. The highest BCUT2D eigenvalue weighted by Crippen LogP contribution is 2.19. The van der Waals surface area contributed by atoms with Crippen LogP contribution in [0.3, 0.4) is 0 Å². The number of aryl methyl sites for hydroxylation is 1. The summed E-state index contributed by atoms with van der Waals surface area (Å²) in [6, 6.07) is 7.14. The topological polar surface area (TPSA) is 67.2 Å². The molecule has 24 heavy (non-hydrogen) atoms. The number of amides is 2.